The fraction of sp³-hybridized carbons (Fsp3) is 0. The van der Waals surface area contributed by atoms with Crippen molar-refractivity contribution in [2.75, 3.05) is 0 Å². The predicted octanol–water partition coefficient (Wildman–Crippen LogP) is 4.68. The molecule has 0 unspecified atom stereocenters. The third-order valence-corrected chi connectivity index (χ3v) is 4.04. The highest BCUT2D eigenvalue weighted by Gasteiger charge is 2.04. The summed E-state index contributed by atoms with van der Waals surface area (Å²) in [7, 11) is 0. The second kappa shape index (κ2) is 6.37. The Labute approximate surface area is 132 Å². The zero-order valence-electron chi connectivity index (χ0n) is 11.6. The summed E-state index contributed by atoms with van der Waals surface area (Å²) in [5, 5.41) is 11.8. The van der Waals surface area contributed by atoms with Crippen LogP contribution in [0.25, 0.3) is 22.7 Å². The lowest BCUT2D eigenvalue weighted by atomic mass is 10.1. The van der Waals surface area contributed by atoms with Crippen molar-refractivity contribution in [3.8, 4) is 10.6 Å². The molecule has 0 fully saturated rings. The van der Waals surface area contributed by atoms with Gasteiger partial charge in [-0.2, -0.15) is 0 Å². The predicted molar refractivity (Wildman–Crippen MR) is 89.9 cm³/mol. The number of carboxylic acids is 1. The first-order valence-electron chi connectivity index (χ1n) is 6.74. The van der Waals surface area contributed by atoms with Crippen LogP contribution in [0.15, 0.2) is 60.1 Å². The summed E-state index contributed by atoms with van der Waals surface area (Å²) in [6.45, 7) is 0. The van der Waals surface area contributed by atoms with E-state index in [0.717, 1.165) is 21.7 Å². The van der Waals surface area contributed by atoms with Gasteiger partial charge in [0, 0.05) is 17.1 Å². The molecule has 0 spiro atoms. The molecule has 3 nitrogen and oxygen atoms in total. The summed E-state index contributed by atoms with van der Waals surface area (Å²) in [4.78, 5) is 15.2. The summed E-state index contributed by atoms with van der Waals surface area (Å²) < 4.78 is 0. The third-order valence-electron chi connectivity index (χ3n) is 3.24. The van der Waals surface area contributed by atoms with E-state index in [1.54, 1.807) is 41.8 Å². The number of hydrogen-bond acceptors (Lipinski definition) is 3. The van der Waals surface area contributed by atoms with E-state index in [1.165, 1.54) is 0 Å². The number of rotatable bonds is 4. The molecule has 0 saturated carbocycles. The normalized spacial score (nSPS) is 10.9. The molecule has 0 saturated heterocycles. The highest BCUT2D eigenvalue weighted by atomic mass is 32.1. The Morgan fingerprint density at radius 1 is 1.05 bits per heavy atom. The first-order chi connectivity index (χ1) is 10.7. The average molecular weight is 307 g/mol. The number of thiazole rings is 1. The van der Waals surface area contributed by atoms with Crippen LogP contribution in [0.1, 0.15) is 21.5 Å². The van der Waals surface area contributed by atoms with Crippen LogP contribution in [0.4, 0.5) is 0 Å². The fourth-order valence-electron chi connectivity index (χ4n) is 2.12. The topological polar surface area (TPSA) is 50.2 Å². The lowest BCUT2D eigenvalue weighted by Crippen LogP contribution is -1.94. The van der Waals surface area contributed by atoms with Crippen LogP contribution in [-0.4, -0.2) is 16.1 Å². The molecule has 1 heterocycles. The van der Waals surface area contributed by atoms with Gasteiger partial charge in [0.25, 0.3) is 0 Å². The van der Waals surface area contributed by atoms with Crippen LogP contribution >= 0.6 is 11.3 Å². The number of nitrogens with zero attached hydrogens (tertiary/aromatic N) is 1. The van der Waals surface area contributed by atoms with Crippen LogP contribution in [0, 0.1) is 0 Å². The minimum absolute atomic E-state index is 0.292. The average Bonchev–Trinajstić information content (AvgIpc) is 3.08. The monoisotopic (exact) mass is 307 g/mol. The molecule has 1 aromatic heterocycles. The Hall–Kier alpha value is -2.72. The number of carboxylic acid groups (broad SMARTS) is 1. The highest BCUT2D eigenvalue weighted by Crippen LogP contribution is 2.26. The number of carbonyl (C=O) groups is 1. The maximum Gasteiger partial charge on any atom is 0.335 e. The Morgan fingerprint density at radius 3 is 2.50 bits per heavy atom. The Kier molecular flexibility index (Phi) is 4.12. The molecular formula is C18H13NO2S. The standard InChI is InChI=1S/C18H13NO2S/c20-18(21)15-9-6-13(7-10-15)5-8-14-3-1-2-4-16(14)17-19-11-12-22-17/h1-12H,(H,20,21). The molecular weight excluding hydrogens is 294 g/mol. The van der Waals surface area contributed by atoms with Crippen LogP contribution < -0.4 is 0 Å². The summed E-state index contributed by atoms with van der Waals surface area (Å²) in [5.74, 6) is -0.912. The maximum absolute atomic E-state index is 10.8. The largest absolute Gasteiger partial charge is 0.478 e. The molecule has 4 heteroatoms. The van der Waals surface area contributed by atoms with Crippen molar-refractivity contribution in [3.05, 3.63) is 76.8 Å². The van der Waals surface area contributed by atoms with E-state index in [4.69, 9.17) is 5.11 Å². The molecule has 0 aliphatic rings. The van der Waals surface area contributed by atoms with Crippen molar-refractivity contribution in [2.45, 2.75) is 0 Å². The quantitative estimate of drug-likeness (QED) is 0.712. The van der Waals surface area contributed by atoms with Gasteiger partial charge < -0.3 is 5.11 Å². The van der Waals surface area contributed by atoms with Gasteiger partial charge in [-0.15, -0.1) is 11.3 Å². The van der Waals surface area contributed by atoms with Gasteiger partial charge in [-0.1, -0.05) is 48.6 Å². The Balaban J connectivity index is 1.88. The lowest BCUT2D eigenvalue weighted by Gasteiger charge is -2.02. The molecule has 0 bridgehead atoms. The van der Waals surface area contributed by atoms with E-state index in [2.05, 4.69) is 4.98 Å². The zero-order chi connectivity index (χ0) is 15.4. The molecule has 0 amide bonds. The second-order valence-corrected chi connectivity index (χ2v) is 5.58. The molecule has 2 aromatic carbocycles. The van der Waals surface area contributed by atoms with Crippen LogP contribution in [0.5, 0.6) is 0 Å². The number of aromatic carboxylic acids is 1. The molecule has 3 rings (SSSR count). The van der Waals surface area contributed by atoms with E-state index in [-0.39, 0.29) is 0 Å². The van der Waals surface area contributed by atoms with E-state index < -0.39 is 5.97 Å². The van der Waals surface area contributed by atoms with Gasteiger partial charge in [0.05, 0.1) is 5.56 Å². The molecule has 0 aliphatic heterocycles. The SMILES string of the molecule is O=C(O)c1ccc(C=Cc2ccccc2-c2nccs2)cc1. The first-order valence-corrected chi connectivity index (χ1v) is 7.62. The molecule has 0 aliphatic carbocycles. The van der Waals surface area contributed by atoms with E-state index >= 15 is 0 Å². The maximum atomic E-state index is 10.8. The Morgan fingerprint density at radius 2 is 1.82 bits per heavy atom. The van der Waals surface area contributed by atoms with E-state index in [0.29, 0.717) is 5.56 Å². The number of benzene rings is 2. The molecule has 0 atom stereocenters. The molecule has 0 radical (unpaired) electrons. The minimum Gasteiger partial charge on any atom is -0.478 e. The van der Waals surface area contributed by atoms with Crippen molar-refractivity contribution >= 4 is 29.5 Å². The lowest BCUT2D eigenvalue weighted by molar-refractivity contribution is 0.0697. The van der Waals surface area contributed by atoms with Crippen molar-refractivity contribution in [3.63, 3.8) is 0 Å². The van der Waals surface area contributed by atoms with Crippen LogP contribution in [-0.2, 0) is 0 Å². The smallest absolute Gasteiger partial charge is 0.335 e. The first kappa shape index (κ1) is 14.2. The summed E-state index contributed by atoms with van der Waals surface area (Å²) in [6, 6.07) is 14.9. The third kappa shape index (κ3) is 3.13. The minimum atomic E-state index is -0.912. The van der Waals surface area contributed by atoms with Gasteiger partial charge >= 0.3 is 5.97 Å². The van der Waals surface area contributed by atoms with Gasteiger partial charge in [0.2, 0.25) is 0 Å². The van der Waals surface area contributed by atoms with E-state index in [9.17, 15) is 4.79 Å². The van der Waals surface area contributed by atoms with Gasteiger partial charge in [-0.05, 0) is 23.3 Å². The second-order valence-electron chi connectivity index (χ2n) is 4.69. The van der Waals surface area contributed by atoms with E-state index in [1.807, 2.05) is 41.8 Å². The van der Waals surface area contributed by atoms with Crippen molar-refractivity contribution in [2.24, 2.45) is 0 Å². The van der Waals surface area contributed by atoms with Crippen molar-refractivity contribution in [1.29, 1.82) is 0 Å². The number of aromatic nitrogens is 1. The summed E-state index contributed by atoms with van der Waals surface area (Å²) in [6.07, 6.45) is 5.79. The van der Waals surface area contributed by atoms with Crippen molar-refractivity contribution < 1.29 is 9.90 Å². The fourth-order valence-corrected chi connectivity index (χ4v) is 2.80. The van der Waals surface area contributed by atoms with Gasteiger partial charge in [-0.25, -0.2) is 9.78 Å². The summed E-state index contributed by atoms with van der Waals surface area (Å²) in [5.41, 5.74) is 3.43. The highest BCUT2D eigenvalue weighted by molar-refractivity contribution is 7.13. The zero-order valence-corrected chi connectivity index (χ0v) is 12.5. The molecule has 1 N–H and O–H groups in total. The van der Waals surface area contributed by atoms with Gasteiger partial charge in [-0.3, -0.25) is 0 Å². The summed E-state index contributed by atoms with van der Waals surface area (Å²) >= 11 is 1.61. The Bertz CT molecular complexity index is 805. The van der Waals surface area contributed by atoms with Crippen molar-refractivity contribution in [1.82, 2.24) is 4.98 Å². The number of hydrogen-bond donors (Lipinski definition) is 1. The molecule has 3 aromatic rings. The molecule has 22 heavy (non-hydrogen) atoms. The van der Waals surface area contributed by atoms with Gasteiger partial charge in [0.15, 0.2) is 0 Å². The molecule has 108 valence electrons. The van der Waals surface area contributed by atoms with Gasteiger partial charge in [0.1, 0.15) is 5.01 Å². The van der Waals surface area contributed by atoms with Crippen LogP contribution in [0.3, 0.4) is 0 Å². The van der Waals surface area contributed by atoms with Crippen LogP contribution in [0.2, 0.25) is 0 Å².